The monoisotopic (exact) mass is 369 g/mol. The molecular formula is C22H19N5O. The Morgan fingerprint density at radius 2 is 1.46 bits per heavy atom. The van der Waals surface area contributed by atoms with Crippen molar-refractivity contribution >= 4 is 11.6 Å². The summed E-state index contributed by atoms with van der Waals surface area (Å²) in [5, 5.41) is 8.67. The SMILES string of the molecule is Cn1ncc(C(=O)NN=C(c2ccccc2)c2ccccc2)c1-n1cccc1. The smallest absolute Gasteiger partial charge is 0.276 e. The first-order chi connectivity index (χ1) is 13.7. The molecule has 4 rings (SSSR count). The molecule has 0 radical (unpaired) electrons. The third kappa shape index (κ3) is 3.48. The third-order valence-corrected chi connectivity index (χ3v) is 4.36. The van der Waals surface area contributed by atoms with E-state index in [1.165, 1.54) is 0 Å². The van der Waals surface area contributed by atoms with Crippen molar-refractivity contribution in [1.82, 2.24) is 19.8 Å². The van der Waals surface area contributed by atoms with Crippen LogP contribution in [0.5, 0.6) is 0 Å². The predicted octanol–water partition coefficient (Wildman–Crippen LogP) is 3.39. The first-order valence-corrected chi connectivity index (χ1v) is 8.88. The number of aryl methyl sites for hydroxylation is 1. The van der Waals surface area contributed by atoms with E-state index < -0.39 is 0 Å². The molecule has 2 aromatic carbocycles. The van der Waals surface area contributed by atoms with E-state index in [0.29, 0.717) is 17.1 Å². The molecule has 1 N–H and O–H groups in total. The maximum absolute atomic E-state index is 12.9. The van der Waals surface area contributed by atoms with Crippen LogP contribution in [0.2, 0.25) is 0 Å². The molecule has 0 unspecified atom stereocenters. The zero-order valence-corrected chi connectivity index (χ0v) is 15.4. The Labute approximate surface area is 162 Å². The second kappa shape index (κ2) is 7.75. The highest BCUT2D eigenvalue weighted by atomic mass is 16.2. The van der Waals surface area contributed by atoms with Gasteiger partial charge in [0.1, 0.15) is 11.4 Å². The minimum atomic E-state index is -0.318. The van der Waals surface area contributed by atoms with E-state index in [0.717, 1.165) is 11.1 Å². The molecule has 0 spiro atoms. The second-order valence-corrected chi connectivity index (χ2v) is 6.23. The van der Waals surface area contributed by atoms with Crippen molar-refractivity contribution < 1.29 is 4.79 Å². The lowest BCUT2D eigenvalue weighted by molar-refractivity contribution is 0.0955. The van der Waals surface area contributed by atoms with Crippen molar-refractivity contribution in [2.45, 2.75) is 0 Å². The summed E-state index contributed by atoms with van der Waals surface area (Å²) >= 11 is 0. The molecule has 4 aromatic rings. The van der Waals surface area contributed by atoms with Crippen molar-refractivity contribution in [2.24, 2.45) is 12.1 Å². The van der Waals surface area contributed by atoms with Gasteiger partial charge in [0.15, 0.2) is 0 Å². The van der Waals surface area contributed by atoms with Gasteiger partial charge in [-0.3, -0.25) is 9.48 Å². The predicted molar refractivity (Wildman–Crippen MR) is 109 cm³/mol. The van der Waals surface area contributed by atoms with Gasteiger partial charge in [0.05, 0.1) is 11.9 Å². The summed E-state index contributed by atoms with van der Waals surface area (Å²) in [5.74, 6) is 0.361. The summed E-state index contributed by atoms with van der Waals surface area (Å²) in [6.45, 7) is 0. The quantitative estimate of drug-likeness (QED) is 0.433. The molecule has 0 aliphatic heterocycles. The van der Waals surface area contributed by atoms with Gasteiger partial charge in [-0.25, -0.2) is 5.43 Å². The molecule has 0 aliphatic rings. The summed E-state index contributed by atoms with van der Waals surface area (Å²) in [4.78, 5) is 12.9. The highest BCUT2D eigenvalue weighted by molar-refractivity contribution is 6.13. The van der Waals surface area contributed by atoms with Crippen LogP contribution in [-0.4, -0.2) is 26.0 Å². The first kappa shape index (κ1) is 17.5. The first-order valence-electron chi connectivity index (χ1n) is 8.88. The van der Waals surface area contributed by atoms with Gasteiger partial charge in [-0.2, -0.15) is 10.2 Å². The van der Waals surface area contributed by atoms with Crippen LogP contribution < -0.4 is 5.43 Å². The number of carbonyl (C=O) groups excluding carboxylic acids is 1. The molecule has 0 atom stereocenters. The Balaban J connectivity index is 1.68. The van der Waals surface area contributed by atoms with Gasteiger partial charge in [0.25, 0.3) is 5.91 Å². The standard InChI is InChI=1S/C22H19N5O/c1-26-22(27-14-8-9-15-27)19(16-23-26)21(28)25-24-20(17-10-4-2-5-11-17)18-12-6-3-7-13-18/h2-16H,1H3,(H,25,28). The fourth-order valence-corrected chi connectivity index (χ4v) is 3.03. The largest absolute Gasteiger partial charge is 0.308 e. The molecule has 0 saturated heterocycles. The fourth-order valence-electron chi connectivity index (χ4n) is 3.03. The van der Waals surface area contributed by atoms with E-state index in [2.05, 4.69) is 15.6 Å². The van der Waals surface area contributed by atoms with E-state index in [4.69, 9.17) is 0 Å². The van der Waals surface area contributed by atoms with Gasteiger partial charge in [-0.05, 0) is 12.1 Å². The van der Waals surface area contributed by atoms with Crippen LogP contribution in [0.3, 0.4) is 0 Å². The lowest BCUT2D eigenvalue weighted by Crippen LogP contribution is -2.22. The van der Waals surface area contributed by atoms with Crippen LogP contribution >= 0.6 is 0 Å². The molecule has 2 heterocycles. The van der Waals surface area contributed by atoms with Gasteiger partial charge < -0.3 is 4.57 Å². The second-order valence-electron chi connectivity index (χ2n) is 6.23. The van der Waals surface area contributed by atoms with Gasteiger partial charge in [-0.1, -0.05) is 60.7 Å². The number of carbonyl (C=O) groups is 1. The van der Waals surface area contributed by atoms with Gasteiger partial charge in [0, 0.05) is 30.6 Å². The topological polar surface area (TPSA) is 64.2 Å². The summed E-state index contributed by atoms with van der Waals surface area (Å²) in [6.07, 6.45) is 5.29. The fraction of sp³-hybridized carbons (Fsp3) is 0.0455. The number of amides is 1. The Morgan fingerprint density at radius 1 is 0.893 bits per heavy atom. The molecule has 6 heteroatoms. The maximum atomic E-state index is 12.9. The highest BCUT2D eigenvalue weighted by Gasteiger charge is 2.17. The van der Waals surface area contributed by atoms with E-state index in [-0.39, 0.29) is 5.91 Å². The summed E-state index contributed by atoms with van der Waals surface area (Å²) < 4.78 is 3.51. The van der Waals surface area contributed by atoms with Gasteiger partial charge in [0.2, 0.25) is 0 Å². The summed E-state index contributed by atoms with van der Waals surface area (Å²) in [6, 6.07) is 23.3. The summed E-state index contributed by atoms with van der Waals surface area (Å²) in [5.41, 5.74) is 5.68. The van der Waals surface area contributed by atoms with Crippen LogP contribution in [0, 0.1) is 0 Å². The van der Waals surface area contributed by atoms with Crippen molar-refractivity contribution in [3.63, 3.8) is 0 Å². The normalized spacial score (nSPS) is 10.5. The summed E-state index contributed by atoms with van der Waals surface area (Å²) in [7, 11) is 1.80. The minimum absolute atomic E-state index is 0.318. The van der Waals surface area contributed by atoms with Crippen molar-refractivity contribution in [1.29, 1.82) is 0 Å². The molecular weight excluding hydrogens is 350 g/mol. The van der Waals surface area contributed by atoms with E-state index in [9.17, 15) is 4.79 Å². The highest BCUT2D eigenvalue weighted by Crippen LogP contribution is 2.15. The van der Waals surface area contributed by atoms with Crippen LogP contribution in [0.25, 0.3) is 5.82 Å². The van der Waals surface area contributed by atoms with Gasteiger partial charge in [-0.15, -0.1) is 0 Å². The Hall–Kier alpha value is -3.93. The van der Waals surface area contributed by atoms with Crippen molar-refractivity contribution in [3.8, 4) is 5.82 Å². The molecule has 2 aromatic heterocycles. The average Bonchev–Trinajstić information content (AvgIpc) is 3.39. The average molecular weight is 369 g/mol. The van der Waals surface area contributed by atoms with Crippen LogP contribution in [-0.2, 0) is 7.05 Å². The van der Waals surface area contributed by atoms with E-state index in [1.807, 2.05) is 89.8 Å². The zero-order chi connectivity index (χ0) is 19.3. The molecule has 0 saturated carbocycles. The molecule has 0 aliphatic carbocycles. The maximum Gasteiger partial charge on any atom is 0.276 e. The Bertz CT molecular complexity index is 1060. The number of rotatable bonds is 5. The third-order valence-electron chi connectivity index (χ3n) is 4.36. The van der Waals surface area contributed by atoms with Crippen molar-refractivity contribution in [2.75, 3.05) is 0 Å². The minimum Gasteiger partial charge on any atom is -0.308 e. The number of nitrogens with one attached hydrogen (secondary N) is 1. The number of hydrogen-bond donors (Lipinski definition) is 1. The van der Waals surface area contributed by atoms with E-state index in [1.54, 1.807) is 17.9 Å². The number of hydrazone groups is 1. The Morgan fingerprint density at radius 3 is 2.04 bits per heavy atom. The number of aromatic nitrogens is 3. The van der Waals surface area contributed by atoms with Crippen LogP contribution in [0.4, 0.5) is 0 Å². The lowest BCUT2D eigenvalue weighted by atomic mass is 10.0. The molecule has 1 amide bonds. The van der Waals surface area contributed by atoms with Crippen molar-refractivity contribution in [3.05, 3.63) is 108 Å². The molecule has 138 valence electrons. The number of nitrogens with zero attached hydrogens (tertiary/aromatic N) is 4. The zero-order valence-electron chi connectivity index (χ0n) is 15.4. The number of hydrogen-bond acceptors (Lipinski definition) is 3. The number of benzene rings is 2. The van der Waals surface area contributed by atoms with E-state index >= 15 is 0 Å². The molecule has 28 heavy (non-hydrogen) atoms. The Kier molecular flexibility index (Phi) is 4.84. The molecule has 0 fully saturated rings. The molecule has 6 nitrogen and oxygen atoms in total. The van der Waals surface area contributed by atoms with Crippen LogP contribution in [0.15, 0.2) is 96.5 Å². The lowest BCUT2D eigenvalue weighted by Gasteiger charge is -2.09. The van der Waals surface area contributed by atoms with Gasteiger partial charge >= 0.3 is 0 Å². The molecule has 0 bridgehead atoms. The van der Waals surface area contributed by atoms with Crippen LogP contribution in [0.1, 0.15) is 21.5 Å².